The Balaban J connectivity index is 2.13. The summed E-state index contributed by atoms with van der Waals surface area (Å²) in [5.74, 6) is 0.790. The molecule has 1 aliphatic rings. The molecule has 1 saturated heterocycles. The van der Waals surface area contributed by atoms with Gasteiger partial charge < -0.3 is 15.0 Å². The fourth-order valence-corrected chi connectivity index (χ4v) is 2.54. The minimum atomic E-state index is -0.351. The second-order valence-electron chi connectivity index (χ2n) is 5.17. The van der Waals surface area contributed by atoms with E-state index in [1.807, 2.05) is 0 Å². The first-order valence-electron chi connectivity index (χ1n) is 6.60. The number of pyridine rings is 1. The van der Waals surface area contributed by atoms with Crippen molar-refractivity contribution in [2.24, 2.45) is 5.92 Å². The SMILES string of the molecule is COC(=O)c1cccnc1NC1CCN(C)CC1C. The summed E-state index contributed by atoms with van der Waals surface area (Å²) in [4.78, 5) is 18.3. The number of carbonyl (C=O) groups is 1. The first kappa shape index (κ1) is 13.8. The van der Waals surface area contributed by atoms with Gasteiger partial charge in [-0.05, 0) is 38.1 Å². The maximum atomic E-state index is 11.7. The largest absolute Gasteiger partial charge is 0.465 e. The molecule has 5 nitrogen and oxygen atoms in total. The van der Waals surface area contributed by atoms with Crippen molar-refractivity contribution in [2.75, 3.05) is 32.6 Å². The molecule has 1 N–H and O–H groups in total. The molecule has 0 amide bonds. The van der Waals surface area contributed by atoms with E-state index in [-0.39, 0.29) is 5.97 Å². The normalized spacial score (nSPS) is 23.9. The van der Waals surface area contributed by atoms with Crippen LogP contribution in [0.1, 0.15) is 23.7 Å². The standard InChI is InChI=1S/C14H21N3O2/c1-10-9-17(2)8-6-12(10)16-13-11(14(18)19-3)5-4-7-15-13/h4-5,7,10,12H,6,8-9H2,1-3H3,(H,15,16). The van der Waals surface area contributed by atoms with Crippen molar-refractivity contribution in [3.8, 4) is 0 Å². The number of methoxy groups -OCH3 is 1. The number of rotatable bonds is 3. The van der Waals surface area contributed by atoms with Gasteiger partial charge in [-0.1, -0.05) is 6.92 Å². The van der Waals surface area contributed by atoms with E-state index in [0.717, 1.165) is 19.5 Å². The molecule has 1 fully saturated rings. The Labute approximate surface area is 114 Å². The van der Waals surface area contributed by atoms with Crippen LogP contribution in [0.25, 0.3) is 0 Å². The number of aromatic nitrogens is 1. The summed E-state index contributed by atoms with van der Waals surface area (Å²) in [6.07, 6.45) is 2.74. The number of anilines is 1. The number of likely N-dealkylation sites (tertiary alicyclic amines) is 1. The molecule has 19 heavy (non-hydrogen) atoms. The molecule has 2 atom stereocenters. The average molecular weight is 263 g/mol. The first-order valence-corrected chi connectivity index (χ1v) is 6.60. The van der Waals surface area contributed by atoms with E-state index in [9.17, 15) is 4.79 Å². The number of hydrogen-bond acceptors (Lipinski definition) is 5. The van der Waals surface area contributed by atoms with Gasteiger partial charge in [0.2, 0.25) is 0 Å². The van der Waals surface area contributed by atoms with Crippen molar-refractivity contribution >= 4 is 11.8 Å². The lowest BCUT2D eigenvalue weighted by Crippen LogP contribution is -2.43. The van der Waals surface area contributed by atoms with Gasteiger partial charge in [0.15, 0.2) is 0 Å². The van der Waals surface area contributed by atoms with E-state index in [2.05, 4.69) is 29.2 Å². The van der Waals surface area contributed by atoms with Crippen LogP contribution < -0.4 is 5.32 Å². The third-order valence-electron chi connectivity index (χ3n) is 3.64. The molecular weight excluding hydrogens is 242 g/mol. The number of ether oxygens (including phenoxy) is 1. The molecule has 1 aromatic rings. The molecule has 0 saturated carbocycles. The van der Waals surface area contributed by atoms with Crippen molar-refractivity contribution in [1.29, 1.82) is 0 Å². The molecule has 1 aliphatic heterocycles. The predicted molar refractivity (Wildman–Crippen MR) is 74.3 cm³/mol. The van der Waals surface area contributed by atoms with E-state index in [1.54, 1.807) is 18.3 Å². The summed E-state index contributed by atoms with van der Waals surface area (Å²) in [5, 5.41) is 3.40. The van der Waals surface area contributed by atoms with Gasteiger partial charge in [0.05, 0.1) is 7.11 Å². The van der Waals surface area contributed by atoms with Gasteiger partial charge in [-0.2, -0.15) is 0 Å². The molecule has 104 valence electrons. The summed E-state index contributed by atoms with van der Waals surface area (Å²) in [6, 6.07) is 3.82. The zero-order valence-electron chi connectivity index (χ0n) is 11.7. The summed E-state index contributed by atoms with van der Waals surface area (Å²) < 4.78 is 4.78. The van der Waals surface area contributed by atoms with E-state index < -0.39 is 0 Å². The average Bonchev–Trinajstić information content (AvgIpc) is 2.41. The van der Waals surface area contributed by atoms with Crippen molar-refractivity contribution in [1.82, 2.24) is 9.88 Å². The zero-order chi connectivity index (χ0) is 13.8. The number of esters is 1. The van der Waals surface area contributed by atoms with E-state index in [0.29, 0.717) is 23.3 Å². The Morgan fingerprint density at radius 3 is 3.05 bits per heavy atom. The topological polar surface area (TPSA) is 54.5 Å². The fraction of sp³-hybridized carbons (Fsp3) is 0.571. The third-order valence-corrected chi connectivity index (χ3v) is 3.64. The molecule has 0 spiro atoms. The van der Waals surface area contributed by atoms with E-state index >= 15 is 0 Å². The van der Waals surface area contributed by atoms with Gasteiger partial charge >= 0.3 is 5.97 Å². The van der Waals surface area contributed by atoms with Crippen LogP contribution in [0.2, 0.25) is 0 Å². The molecule has 2 heterocycles. The third kappa shape index (κ3) is 3.23. The minimum absolute atomic E-state index is 0.342. The van der Waals surface area contributed by atoms with E-state index in [4.69, 9.17) is 4.74 Å². The number of nitrogens with one attached hydrogen (secondary N) is 1. The molecule has 2 unspecified atom stereocenters. The molecule has 0 aliphatic carbocycles. The van der Waals surface area contributed by atoms with Crippen molar-refractivity contribution in [2.45, 2.75) is 19.4 Å². The van der Waals surface area contributed by atoms with Gasteiger partial charge in [0, 0.05) is 18.8 Å². The highest BCUT2D eigenvalue weighted by atomic mass is 16.5. The van der Waals surface area contributed by atoms with Gasteiger partial charge in [-0.25, -0.2) is 9.78 Å². The van der Waals surface area contributed by atoms with Crippen molar-refractivity contribution < 1.29 is 9.53 Å². The van der Waals surface area contributed by atoms with Crippen LogP contribution in [-0.2, 0) is 4.74 Å². The highest BCUT2D eigenvalue weighted by molar-refractivity contribution is 5.94. The molecule has 0 radical (unpaired) electrons. The Kier molecular flexibility index (Phi) is 4.37. The maximum Gasteiger partial charge on any atom is 0.341 e. The van der Waals surface area contributed by atoms with Crippen LogP contribution in [-0.4, -0.2) is 49.1 Å². The maximum absolute atomic E-state index is 11.7. The number of hydrogen-bond donors (Lipinski definition) is 1. The van der Waals surface area contributed by atoms with Crippen LogP contribution in [0.5, 0.6) is 0 Å². The van der Waals surface area contributed by atoms with Crippen LogP contribution in [0.15, 0.2) is 18.3 Å². The molecular formula is C14H21N3O2. The van der Waals surface area contributed by atoms with Crippen molar-refractivity contribution in [3.63, 3.8) is 0 Å². The lowest BCUT2D eigenvalue weighted by atomic mass is 9.94. The Morgan fingerprint density at radius 2 is 2.37 bits per heavy atom. The van der Waals surface area contributed by atoms with Crippen LogP contribution in [0.3, 0.4) is 0 Å². The lowest BCUT2D eigenvalue weighted by molar-refractivity contribution is 0.0601. The second-order valence-corrected chi connectivity index (χ2v) is 5.17. The van der Waals surface area contributed by atoms with Crippen LogP contribution >= 0.6 is 0 Å². The summed E-state index contributed by atoms with van der Waals surface area (Å²) in [7, 11) is 3.52. The Bertz CT molecular complexity index is 450. The highest BCUT2D eigenvalue weighted by Gasteiger charge is 2.25. The van der Waals surface area contributed by atoms with Crippen LogP contribution in [0.4, 0.5) is 5.82 Å². The lowest BCUT2D eigenvalue weighted by Gasteiger charge is -2.35. The van der Waals surface area contributed by atoms with Gasteiger partial charge in [-0.3, -0.25) is 0 Å². The van der Waals surface area contributed by atoms with Crippen LogP contribution in [0, 0.1) is 5.92 Å². The molecule has 1 aromatic heterocycles. The number of nitrogens with zero attached hydrogens (tertiary/aromatic N) is 2. The van der Waals surface area contributed by atoms with Gasteiger partial charge in [0.25, 0.3) is 0 Å². The monoisotopic (exact) mass is 263 g/mol. The minimum Gasteiger partial charge on any atom is -0.465 e. The number of carbonyl (C=O) groups excluding carboxylic acids is 1. The summed E-state index contributed by atoms with van der Waals surface area (Å²) >= 11 is 0. The predicted octanol–water partition coefficient (Wildman–Crippen LogP) is 1.62. The zero-order valence-corrected chi connectivity index (χ0v) is 11.7. The van der Waals surface area contributed by atoms with Gasteiger partial charge in [-0.15, -0.1) is 0 Å². The Morgan fingerprint density at radius 1 is 1.58 bits per heavy atom. The molecule has 5 heteroatoms. The smallest absolute Gasteiger partial charge is 0.341 e. The molecule has 0 bridgehead atoms. The fourth-order valence-electron chi connectivity index (χ4n) is 2.54. The Hall–Kier alpha value is -1.62. The first-order chi connectivity index (χ1) is 9.11. The second kappa shape index (κ2) is 6.02. The van der Waals surface area contributed by atoms with E-state index in [1.165, 1.54) is 7.11 Å². The summed E-state index contributed by atoms with van der Waals surface area (Å²) in [6.45, 7) is 4.33. The molecule has 0 aromatic carbocycles. The van der Waals surface area contributed by atoms with Gasteiger partial charge in [0.1, 0.15) is 11.4 Å². The number of piperidine rings is 1. The van der Waals surface area contributed by atoms with Crippen molar-refractivity contribution in [3.05, 3.63) is 23.9 Å². The highest BCUT2D eigenvalue weighted by Crippen LogP contribution is 2.21. The summed E-state index contributed by atoms with van der Waals surface area (Å²) in [5.41, 5.74) is 0.496. The quantitative estimate of drug-likeness (QED) is 0.840. The molecule has 2 rings (SSSR count).